The Morgan fingerprint density at radius 1 is 0.567 bits per heavy atom. The molecule has 4 heterocycles. The van der Waals surface area contributed by atoms with E-state index in [0.29, 0.717) is 51.4 Å². The molecule has 8 fully saturated rings. The number of carbonyl (C=O) groups excluding carboxylic acids is 1. The summed E-state index contributed by atoms with van der Waals surface area (Å²) in [6, 6.07) is 0. The number of hydrogen-bond donors (Lipinski definition) is 14. The average molecular weight is 967 g/mol. The van der Waals surface area contributed by atoms with Crippen molar-refractivity contribution >= 4 is 5.97 Å². The minimum Gasteiger partial charge on any atom is -0.432 e. The summed E-state index contributed by atoms with van der Waals surface area (Å²) in [6.45, 7) is 5.47. The van der Waals surface area contributed by atoms with E-state index in [9.17, 15) is 76.3 Å². The van der Waals surface area contributed by atoms with Crippen molar-refractivity contribution in [3.8, 4) is 0 Å². The highest BCUT2D eigenvalue weighted by molar-refractivity contribution is 5.77. The first-order chi connectivity index (χ1) is 31.6. The van der Waals surface area contributed by atoms with Gasteiger partial charge in [-0.2, -0.15) is 0 Å². The summed E-state index contributed by atoms with van der Waals surface area (Å²) < 4.78 is 47.6. The normalized spacial score (nSPS) is 54.5. The number of rotatable bonds is 12. The molecule has 4 aliphatic heterocycles. The molecule has 4 aliphatic carbocycles. The Balaban J connectivity index is 1.01. The van der Waals surface area contributed by atoms with Gasteiger partial charge >= 0.3 is 5.97 Å². The fourth-order valence-corrected chi connectivity index (χ4v) is 13.5. The van der Waals surface area contributed by atoms with Crippen LogP contribution in [-0.2, 0) is 42.7 Å². The van der Waals surface area contributed by atoms with Gasteiger partial charge in [-0.15, -0.1) is 0 Å². The van der Waals surface area contributed by atoms with Crippen molar-refractivity contribution in [1.29, 1.82) is 0 Å². The van der Waals surface area contributed by atoms with Crippen LogP contribution in [0.1, 0.15) is 71.6 Å². The van der Waals surface area contributed by atoms with Gasteiger partial charge in [-0.3, -0.25) is 4.79 Å². The van der Waals surface area contributed by atoms with Crippen LogP contribution in [-0.4, -0.2) is 232 Å². The predicted octanol–water partition coefficient (Wildman–Crippen LogP) is -5.11. The molecular weight excluding hydrogens is 896 g/mol. The standard InChI is InChI=1S/C44H70O23/c1-17-11-43-9-5-22-41(2,7-4-8-42(22,3)40(59)66-38-34(30(55)26(51)20(14-47)62-38)64-36-32(57)28(53)24(49)18(12-45)60-36)23(43)6-10-44(17,16-43)67-39-35(31(56)27(52)21(15-48)63-39)65-37-33(58)29(54)25(50)19(13-46)61-37/h18-39,45-58H,1,4-16H2,2-3H3/t18-,19-,20-,21-,22-,23-,24-,25-,26-,27-,28+,29+,30+,31+,32-,33-,34-,35-,36+,37+,38+,39+,41+,42?,43+,44+/m1/s1. The van der Waals surface area contributed by atoms with Crippen molar-refractivity contribution in [2.24, 2.45) is 28.1 Å². The number of ether oxygens (including phenoxy) is 8. The number of fused-ring (bicyclic) bond motifs is 3. The summed E-state index contributed by atoms with van der Waals surface area (Å²) in [5, 5.41) is 147. The molecule has 2 bridgehead atoms. The summed E-state index contributed by atoms with van der Waals surface area (Å²) in [4.78, 5) is 14.7. The van der Waals surface area contributed by atoms with E-state index in [-0.39, 0.29) is 17.3 Å². The Labute approximate surface area is 386 Å². The van der Waals surface area contributed by atoms with E-state index in [0.717, 1.165) is 12.0 Å². The van der Waals surface area contributed by atoms with E-state index in [2.05, 4.69) is 13.5 Å². The summed E-state index contributed by atoms with van der Waals surface area (Å²) in [5.41, 5.74) is -2.29. The third kappa shape index (κ3) is 8.63. The molecule has 1 spiro atoms. The summed E-state index contributed by atoms with van der Waals surface area (Å²) in [7, 11) is 0. The van der Waals surface area contributed by atoms with E-state index in [1.54, 1.807) is 0 Å². The van der Waals surface area contributed by atoms with Crippen LogP contribution in [0, 0.1) is 28.1 Å². The van der Waals surface area contributed by atoms with Gasteiger partial charge in [0.2, 0.25) is 6.29 Å². The van der Waals surface area contributed by atoms with Gasteiger partial charge in [0.05, 0.1) is 37.4 Å². The van der Waals surface area contributed by atoms with Gasteiger partial charge in [-0.05, 0) is 86.5 Å². The van der Waals surface area contributed by atoms with Crippen LogP contribution in [0.4, 0.5) is 0 Å². The Morgan fingerprint density at radius 3 is 1.52 bits per heavy atom. The second-order valence-corrected chi connectivity index (χ2v) is 20.8. The van der Waals surface area contributed by atoms with Gasteiger partial charge in [-0.1, -0.05) is 19.9 Å². The molecule has 0 aromatic rings. The number of aliphatic hydroxyl groups excluding tert-OH is 14. The average Bonchev–Trinajstić information content (AvgIpc) is 3.50. The van der Waals surface area contributed by atoms with Crippen molar-refractivity contribution < 1.29 is 114 Å². The minimum absolute atomic E-state index is 0.0251. The third-order valence-electron chi connectivity index (χ3n) is 17.1. The van der Waals surface area contributed by atoms with E-state index >= 15 is 0 Å². The molecule has 0 aromatic carbocycles. The van der Waals surface area contributed by atoms with E-state index in [1.165, 1.54) is 0 Å². The van der Waals surface area contributed by atoms with Crippen molar-refractivity contribution in [2.45, 2.75) is 200 Å². The number of esters is 1. The molecule has 67 heavy (non-hydrogen) atoms. The summed E-state index contributed by atoms with van der Waals surface area (Å²) in [5.74, 6) is -0.927. The Bertz CT molecular complexity index is 1760. The number of aliphatic hydroxyl groups is 14. The Morgan fingerprint density at radius 2 is 1.01 bits per heavy atom. The quantitative estimate of drug-likeness (QED) is 0.0494. The highest BCUT2D eigenvalue weighted by atomic mass is 16.8. The zero-order valence-electron chi connectivity index (χ0n) is 37.5. The van der Waals surface area contributed by atoms with Crippen molar-refractivity contribution in [1.82, 2.24) is 0 Å². The lowest BCUT2D eigenvalue weighted by Gasteiger charge is -2.64. The Kier molecular flexibility index (Phi) is 15.0. The first-order valence-electron chi connectivity index (χ1n) is 23.4. The van der Waals surface area contributed by atoms with Crippen LogP contribution >= 0.6 is 0 Å². The van der Waals surface area contributed by atoms with Crippen molar-refractivity contribution in [3.05, 3.63) is 12.2 Å². The van der Waals surface area contributed by atoms with Crippen molar-refractivity contribution in [2.75, 3.05) is 26.4 Å². The van der Waals surface area contributed by atoms with E-state index < -0.39 is 172 Å². The highest BCUT2D eigenvalue weighted by Gasteiger charge is 2.69. The minimum atomic E-state index is -1.90. The van der Waals surface area contributed by atoms with Crippen LogP contribution in [0.25, 0.3) is 0 Å². The second-order valence-electron chi connectivity index (χ2n) is 20.8. The SMILES string of the molecule is C=C1C[C@]23CC[C@H]4C(C)(C(=O)O[C@@H]5O[C@H](CO)[C@@H](O)[C@H](O)[C@H]5O[C@@H]5O[C@H](CO)[C@@H](O)[C@H](O)[C@H]5O)CCC[C@]4(C)[C@H]2CC[C@]1(O[C@@H]1O[C@H](CO)[C@@H](O)[C@H](O)[C@H]1O[C@@H]1O[C@H](CO)[C@@H](O)[C@H](O)[C@H]1O)C3. The van der Waals surface area contributed by atoms with Crippen LogP contribution in [0.5, 0.6) is 0 Å². The molecule has 8 aliphatic rings. The van der Waals surface area contributed by atoms with Gasteiger partial charge < -0.3 is 109 Å². The van der Waals surface area contributed by atoms with E-state index in [1.807, 2.05) is 6.92 Å². The molecule has 1 unspecified atom stereocenters. The maximum absolute atomic E-state index is 14.7. The molecule has 23 nitrogen and oxygen atoms in total. The summed E-state index contributed by atoms with van der Waals surface area (Å²) in [6.07, 6.45) is -28.3. The molecule has 0 radical (unpaired) electrons. The van der Waals surface area contributed by atoms with E-state index in [4.69, 9.17) is 37.9 Å². The summed E-state index contributed by atoms with van der Waals surface area (Å²) >= 11 is 0. The molecule has 14 N–H and O–H groups in total. The Hall–Kier alpha value is -1.63. The van der Waals surface area contributed by atoms with Gasteiger partial charge in [-0.25, -0.2) is 0 Å². The zero-order chi connectivity index (χ0) is 48.7. The molecular formula is C44H70O23. The lowest BCUT2D eigenvalue weighted by molar-refractivity contribution is -0.378. The molecule has 384 valence electrons. The maximum atomic E-state index is 14.7. The molecule has 4 saturated heterocycles. The fourth-order valence-electron chi connectivity index (χ4n) is 13.5. The maximum Gasteiger partial charge on any atom is 0.314 e. The first-order valence-corrected chi connectivity index (χ1v) is 23.4. The predicted molar refractivity (Wildman–Crippen MR) is 219 cm³/mol. The number of carbonyl (C=O) groups is 1. The molecule has 0 amide bonds. The van der Waals surface area contributed by atoms with Gasteiger partial charge in [0.1, 0.15) is 91.6 Å². The monoisotopic (exact) mass is 966 g/mol. The van der Waals surface area contributed by atoms with Crippen LogP contribution in [0.2, 0.25) is 0 Å². The molecule has 8 rings (SSSR count). The largest absolute Gasteiger partial charge is 0.432 e. The van der Waals surface area contributed by atoms with Crippen LogP contribution < -0.4 is 0 Å². The lowest BCUT2D eigenvalue weighted by atomic mass is 9.41. The molecule has 26 atom stereocenters. The zero-order valence-corrected chi connectivity index (χ0v) is 37.5. The van der Waals surface area contributed by atoms with Gasteiger partial charge in [0, 0.05) is 0 Å². The lowest BCUT2D eigenvalue weighted by Crippen LogP contribution is -2.66. The van der Waals surface area contributed by atoms with Crippen molar-refractivity contribution in [3.63, 3.8) is 0 Å². The molecule has 4 saturated carbocycles. The second kappa shape index (κ2) is 19.4. The molecule has 23 heteroatoms. The van der Waals surface area contributed by atoms with Crippen LogP contribution in [0.3, 0.4) is 0 Å². The number of hydrogen-bond acceptors (Lipinski definition) is 23. The van der Waals surface area contributed by atoms with Gasteiger partial charge in [0.25, 0.3) is 0 Å². The third-order valence-corrected chi connectivity index (χ3v) is 17.1. The smallest absolute Gasteiger partial charge is 0.314 e. The van der Waals surface area contributed by atoms with Gasteiger partial charge in [0.15, 0.2) is 25.0 Å². The topological polar surface area (TPSA) is 374 Å². The highest BCUT2D eigenvalue weighted by Crippen LogP contribution is 2.73. The molecule has 0 aromatic heterocycles. The fraction of sp³-hybridized carbons (Fsp3) is 0.932. The van der Waals surface area contributed by atoms with Crippen LogP contribution in [0.15, 0.2) is 12.2 Å². The first kappa shape index (κ1) is 51.7.